The number of benzene rings is 1. The summed E-state index contributed by atoms with van der Waals surface area (Å²) in [5, 5.41) is 11.0. The first kappa shape index (κ1) is 18.6. The zero-order chi connectivity index (χ0) is 19.3. The molecule has 4 rings (SSSR count). The van der Waals surface area contributed by atoms with Crippen molar-refractivity contribution < 1.29 is 14.1 Å². The molecule has 1 fully saturated rings. The number of nitrogens with one attached hydrogen (secondary N) is 1. The number of methoxy groups -OCH3 is 1. The molecular formula is C20H22N4O3S. The lowest BCUT2D eigenvalue weighted by atomic mass is 10.0. The summed E-state index contributed by atoms with van der Waals surface area (Å²) in [6, 6.07) is 9.66. The minimum Gasteiger partial charge on any atom is -0.497 e. The number of carbonyl (C=O) groups is 1. The van der Waals surface area contributed by atoms with Crippen LogP contribution in [0, 0.1) is 0 Å². The Kier molecular flexibility index (Phi) is 5.68. The molecule has 7 nitrogen and oxygen atoms in total. The first-order chi connectivity index (χ1) is 13.7. The molecule has 0 aliphatic carbocycles. The van der Waals surface area contributed by atoms with Crippen molar-refractivity contribution in [2.75, 3.05) is 20.2 Å². The van der Waals surface area contributed by atoms with Crippen LogP contribution in [0.3, 0.4) is 0 Å². The molecule has 3 heterocycles. The molecule has 1 saturated heterocycles. The van der Waals surface area contributed by atoms with E-state index < -0.39 is 0 Å². The average Bonchev–Trinajstić information content (AvgIpc) is 3.42. The molecule has 1 aliphatic rings. The van der Waals surface area contributed by atoms with Gasteiger partial charge in [-0.2, -0.15) is 16.3 Å². The van der Waals surface area contributed by atoms with Gasteiger partial charge in [0.05, 0.1) is 13.7 Å². The number of hydrogen-bond acceptors (Lipinski definition) is 7. The molecular weight excluding hydrogens is 376 g/mol. The molecule has 0 unspecified atom stereocenters. The maximum atomic E-state index is 12.2. The van der Waals surface area contributed by atoms with Crippen LogP contribution < -0.4 is 10.1 Å². The highest BCUT2D eigenvalue weighted by molar-refractivity contribution is 7.08. The van der Waals surface area contributed by atoms with Crippen molar-refractivity contribution in [3.8, 4) is 17.1 Å². The third-order valence-electron chi connectivity index (χ3n) is 4.86. The van der Waals surface area contributed by atoms with E-state index in [2.05, 4.69) is 20.4 Å². The summed E-state index contributed by atoms with van der Waals surface area (Å²) >= 11 is 1.53. The van der Waals surface area contributed by atoms with Crippen LogP contribution in [0.5, 0.6) is 5.75 Å². The number of nitrogens with zero attached hydrogens (tertiary/aromatic N) is 3. The number of amides is 1. The molecule has 3 aromatic rings. The van der Waals surface area contributed by atoms with Crippen LogP contribution in [0.15, 0.2) is 45.6 Å². The molecule has 146 valence electrons. The monoisotopic (exact) mass is 398 g/mol. The van der Waals surface area contributed by atoms with E-state index >= 15 is 0 Å². The summed E-state index contributed by atoms with van der Waals surface area (Å²) in [6.07, 6.45) is 1.82. The minimum absolute atomic E-state index is 0.0135. The summed E-state index contributed by atoms with van der Waals surface area (Å²) < 4.78 is 10.7. The molecule has 2 aromatic heterocycles. The molecule has 28 heavy (non-hydrogen) atoms. The Morgan fingerprint density at radius 3 is 2.96 bits per heavy atom. The van der Waals surface area contributed by atoms with Gasteiger partial charge in [-0.15, -0.1) is 0 Å². The Morgan fingerprint density at radius 1 is 1.36 bits per heavy atom. The Morgan fingerprint density at radius 2 is 2.21 bits per heavy atom. The van der Waals surface area contributed by atoms with Crippen LogP contribution in [0.2, 0.25) is 0 Å². The molecule has 1 aromatic carbocycles. The van der Waals surface area contributed by atoms with Crippen LogP contribution in [-0.4, -0.2) is 47.2 Å². The molecule has 0 bridgehead atoms. The van der Waals surface area contributed by atoms with Gasteiger partial charge >= 0.3 is 0 Å². The van der Waals surface area contributed by atoms with E-state index in [-0.39, 0.29) is 11.9 Å². The Balaban J connectivity index is 1.29. The number of likely N-dealkylation sites (tertiary alicyclic amines) is 1. The number of ether oxygens (including phenoxy) is 1. The highest BCUT2D eigenvalue weighted by atomic mass is 32.1. The quantitative estimate of drug-likeness (QED) is 0.687. The first-order valence-electron chi connectivity index (χ1n) is 9.23. The normalized spacial score (nSPS) is 15.5. The predicted octanol–water partition coefficient (Wildman–Crippen LogP) is 3.20. The van der Waals surface area contributed by atoms with Gasteiger partial charge < -0.3 is 14.6 Å². The molecule has 8 heteroatoms. The zero-order valence-corrected chi connectivity index (χ0v) is 16.4. The van der Waals surface area contributed by atoms with Gasteiger partial charge in [0.2, 0.25) is 11.7 Å². The molecule has 1 amide bonds. The van der Waals surface area contributed by atoms with E-state index in [1.54, 1.807) is 7.11 Å². The summed E-state index contributed by atoms with van der Waals surface area (Å²) in [7, 11) is 1.63. The van der Waals surface area contributed by atoms with Crippen LogP contribution >= 0.6 is 11.3 Å². The lowest BCUT2D eigenvalue weighted by Gasteiger charge is -2.31. The van der Waals surface area contributed by atoms with Gasteiger partial charge in [0.15, 0.2) is 0 Å². The second kappa shape index (κ2) is 8.53. The third-order valence-corrected chi connectivity index (χ3v) is 5.54. The van der Waals surface area contributed by atoms with Gasteiger partial charge in [0.25, 0.3) is 5.91 Å². The van der Waals surface area contributed by atoms with Gasteiger partial charge in [-0.05, 0) is 36.4 Å². The predicted molar refractivity (Wildman–Crippen MR) is 106 cm³/mol. The number of aromatic nitrogens is 2. The molecule has 0 spiro atoms. The van der Waals surface area contributed by atoms with Crippen molar-refractivity contribution in [1.82, 2.24) is 20.4 Å². The smallest absolute Gasteiger partial charge is 0.252 e. The Labute approximate surface area is 167 Å². The molecule has 1 aliphatic heterocycles. The van der Waals surface area contributed by atoms with Crippen LogP contribution in [0.25, 0.3) is 11.4 Å². The van der Waals surface area contributed by atoms with Gasteiger partial charge in [0.1, 0.15) is 5.75 Å². The van der Waals surface area contributed by atoms with Crippen molar-refractivity contribution in [2.45, 2.75) is 25.4 Å². The van der Waals surface area contributed by atoms with E-state index in [1.807, 2.05) is 41.1 Å². The highest BCUT2D eigenvalue weighted by Gasteiger charge is 2.23. The number of rotatable bonds is 6. The highest BCUT2D eigenvalue weighted by Crippen LogP contribution is 2.22. The third kappa shape index (κ3) is 4.40. The number of carbonyl (C=O) groups excluding carboxylic acids is 1. The summed E-state index contributed by atoms with van der Waals surface area (Å²) in [5.41, 5.74) is 1.60. The number of piperidine rings is 1. The largest absolute Gasteiger partial charge is 0.497 e. The van der Waals surface area contributed by atoms with Crippen LogP contribution in [0.4, 0.5) is 0 Å². The SMILES string of the molecule is COc1cccc(-c2noc(CN3CCC(NC(=O)c4ccsc4)CC3)n2)c1. The second-order valence-corrected chi connectivity index (χ2v) is 7.56. The maximum absolute atomic E-state index is 12.2. The van der Waals surface area contributed by atoms with Gasteiger partial charge in [-0.1, -0.05) is 17.3 Å². The number of hydrogen-bond donors (Lipinski definition) is 1. The van der Waals surface area contributed by atoms with Crippen molar-refractivity contribution in [3.63, 3.8) is 0 Å². The molecule has 1 N–H and O–H groups in total. The minimum atomic E-state index is 0.0135. The van der Waals surface area contributed by atoms with Crippen molar-refractivity contribution in [1.29, 1.82) is 0 Å². The lowest BCUT2D eigenvalue weighted by Crippen LogP contribution is -2.44. The molecule has 0 saturated carbocycles. The van der Waals surface area contributed by atoms with Crippen molar-refractivity contribution >= 4 is 17.2 Å². The zero-order valence-electron chi connectivity index (χ0n) is 15.6. The van der Waals surface area contributed by atoms with E-state index in [0.29, 0.717) is 18.3 Å². The van der Waals surface area contributed by atoms with Crippen LogP contribution in [-0.2, 0) is 6.54 Å². The van der Waals surface area contributed by atoms with Crippen molar-refractivity contribution in [3.05, 3.63) is 52.5 Å². The van der Waals surface area contributed by atoms with Crippen LogP contribution in [0.1, 0.15) is 29.1 Å². The van der Waals surface area contributed by atoms with E-state index in [1.165, 1.54) is 11.3 Å². The summed E-state index contributed by atoms with van der Waals surface area (Å²) in [4.78, 5) is 19.0. The van der Waals surface area contributed by atoms with Gasteiger partial charge in [-0.25, -0.2) is 0 Å². The van der Waals surface area contributed by atoms with Crippen molar-refractivity contribution in [2.24, 2.45) is 0 Å². The molecule has 0 radical (unpaired) electrons. The fourth-order valence-electron chi connectivity index (χ4n) is 3.29. The van der Waals surface area contributed by atoms with Gasteiger partial charge in [0, 0.05) is 35.6 Å². The van der Waals surface area contributed by atoms with E-state index in [0.717, 1.165) is 42.8 Å². The topological polar surface area (TPSA) is 80.5 Å². The lowest BCUT2D eigenvalue weighted by molar-refractivity contribution is 0.0905. The Hall–Kier alpha value is -2.71. The summed E-state index contributed by atoms with van der Waals surface area (Å²) in [6.45, 7) is 2.37. The van der Waals surface area contributed by atoms with E-state index in [9.17, 15) is 4.79 Å². The fourth-order valence-corrected chi connectivity index (χ4v) is 3.92. The van der Waals surface area contributed by atoms with E-state index in [4.69, 9.17) is 9.26 Å². The van der Waals surface area contributed by atoms with Gasteiger partial charge in [-0.3, -0.25) is 9.69 Å². The molecule has 0 atom stereocenters. The number of thiophene rings is 1. The second-order valence-electron chi connectivity index (χ2n) is 6.78. The average molecular weight is 398 g/mol. The fraction of sp³-hybridized carbons (Fsp3) is 0.350. The maximum Gasteiger partial charge on any atom is 0.252 e. The first-order valence-corrected chi connectivity index (χ1v) is 10.2. The standard InChI is InChI=1S/C20H22N4O3S/c1-26-17-4-2-3-14(11-17)19-22-18(27-23-19)12-24-8-5-16(6-9-24)21-20(25)15-7-10-28-13-15/h2-4,7,10-11,13,16H,5-6,8-9,12H2,1H3,(H,21,25). The Bertz CT molecular complexity index is 917. The summed E-state index contributed by atoms with van der Waals surface area (Å²) in [5.74, 6) is 1.93.